The minimum atomic E-state index is -4.17. The summed E-state index contributed by atoms with van der Waals surface area (Å²) in [6.45, 7) is 1.73. The van der Waals surface area contributed by atoms with E-state index in [0.29, 0.717) is 37.9 Å². The molecule has 3 heterocycles. The average molecular weight is 382 g/mol. The van der Waals surface area contributed by atoms with Crippen molar-refractivity contribution in [1.82, 2.24) is 19.7 Å². The third-order valence-electron chi connectivity index (χ3n) is 4.87. The number of carboxylic acid groups (broad SMARTS) is 1. The SMILES string of the molecule is Cc1nn(C2CCN(CC(F)(F)F)CC2)cc1Cc1cnccc1C(=O)O. The maximum atomic E-state index is 12.5. The summed E-state index contributed by atoms with van der Waals surface area (Å²) < 4.78 is 39.3. The molecule has 0 bridgehead atoms. The molecule has 146 valence electrons. The number of nitrogens with zero attached hydrogens (tertiary/aromatic N) is 4. The highest BCUT2D eigenvalue weighted by atomic mass is 19.4. The van der Waals surface area contributed by atoms with Gasteiger partial charge in [-0.05, 0) is 37.0 Å². The highest BCUT2D eigenvalue weighted by molar-refractivity contribution is 5.89. The van der Waals surface area contributed by atoms with Gasteiger partial charge in [-0.3, -0.25) is 14.6 Å². The number of aromatic nitrogens is 3. The van der Waals surface area contributed by atoms with Crippen molar-refractivity contribution in [3.8, 4) is 0 Å². The summed E-state index contributed by atoms with van der Waals surface area (Å²) in [5, 5.41) is 13.8. The van der Waals surface area contributed by atoms with Gasteiger partial charge in [-0.1, -0.05) is 0 Å². The molecule has 0 atom stereocenters. The van der Waals surface area contributed by atoms with E-state index in [0.717, 1.165) is 11.3 Å². The highest BCUT2D eigenvalue weighted by Crippen LogP contribution is 2.26. The lowest BCUT2D eigenvalue weighted by Crippen LogP contribution is -2.40. The number of piperidine rings is 1. The molecule has 0 saturated carbocycles. The first-order valence-corrected chi connectivity index (χ1v) is 8.73. The van der Waals surface area contributed by atoms with Crippen LogP contribution in [0.25, 0.3) is 0 Å². The zero-order valence-corrected chi connectivity index (χ0v) is 14.9. The third-order valence-corrected chi connectivity index (χ3v) is 4.87. The van der Waals surface area contributed by atoms with Crippen LogP contribution in [0, 0.1) is 6.92 Å². The lowest BCUT2D eigenvalue weighted by atomic mass is 10.0. The summed E-state index contributed by atoms with van der Waals surface area (Å²) in [6.07, 6.45) is 2.28. The Hall–Kier alpha value is -2.42. The molecule has 1 fully saturated rings. The lowest BCUT2D eigenvalue weighted by molar-refractivity contribution is -0.148. The predicted molar refractivity (Wildman–Crippen MR) is 91.7 cm³/mol. The zero-order valence-electron chi connectivity index (χ0n) is 14.9. The number of pyridine rings is 1. The van der Waals surface area contributed by atoms with E-state index >= 15 is 0 Å². The first kappa shape index (κ1) is 19.3. The van der Waals surface area contributed by atoms with E-state index in [1.807, 2.05) is 17.8 Å². The van der Waals surface area contributed by atoms with Gasteiger partial charge in [0.05, 0.1) is 23.8 Å². The molecule has 0 unspecified atom stereocenters. The summed E-state index contributed by atoms with van der Waals surface area (Å²) in [5.41, 5.74) is 2.49. The topological polar surface area (TPSA) is 71.2 Å². The number of alkyl halides is 3. The van der Waals surface area contributed by atoms with E-state index in [2.05, 4.69) is 10.1 Å². The molecule has 2 aromatic rings. The molecular weight excluding hydrogens is 361 g/mol. The molecule has 27 heavy (non-hydrogen) atoms. The van der Waals surface area contributed by atoms with Gasteiger partial charge in [0.15, 0.2) is 0 Å². The normalized spacial score (nSPS) is 16.6. The monoisotopic (exact) mass is 382 g/mol. The Balaban J connectivity index is 1.68. The molecule has 6 nitrogen and oxygen atoms in total. The smallest absolute Gasteiger partial charge is 0.401 e. The second-order valence-corrected chi connectivity index (χ2v) is 6.86. The second-order valence-electron chi connectivity index (χ2n) is 6.86. The van der Waals surface area contributed by atoms with Crippen molar-refractivity contribution in [2.75, 3.05) is 19.6 Å². The number of likely N-dealkylation sites (tertiary alicyclic amines) is 1. The Morgan fingerprint density at radius 2 is 2.00 bits per heavy atom. The number of aromatic carboxylic acids is 1. The largest absolute Gasteiger partial charge is 0.478 e. The molecule has 9 heteroatoms. The van der Waals surface area contributed by atoms with Gasteiger partial charge in [0.2, 0.25) is 0 Å². The van der Waals surface area contributed by atoms with Crippen molar-refractivity contribution in [2.24, 2.45) is 0 Å². The van der Waals surface area contributed by atoms with E-state index in [4.69, 9.17) is 0 Å². The predicted octanol–water partition coefficient (Wildman–Crippen LogP) is 3.07. The second kappa shape index (κ2) is 7.67. The van der Waals surface area contributed by atoms with E-state index in [1.165, 1.54) is 23.4 Å². The van der Waals surface area contributed by atoms with Crippen molar-refractivity contribution in [1.29, 1.82) is 0 Å². The van der Waals surface area contributed by atoms with E-state index < -0.39 is 18.7 Å². The van der Waals surface area contributed by atoms with Crippen molar-refractivity contribution in [3.63, 3.8) is 0 Å². The fraction of sp³-hybridized carbons (Fsp3) is 0.500. The van der Waals surface area contributed by atoms with Gasteiger partial charge in [-0.2, -0.15) is 18.3 Å². The Morgan fingerprint density at radius 3 is 2.63 bits per heavy atom. The van der Waals surface area contributed by atoms with Crippen LogP contribution in [0.4, 0.5) is 13.2 Å². The number of halogens is 3. The zero-order chi connectivity index (χ0) is 19.6. The minimum absolute atomic E-state index is 0.0507. The Kier molecular flexibility index (Phi) is 5.50. The number of hydrogen-bond acceptors (Lipinski definition) is 4. The van der Waals surface area contributed by atoms with Gasteiger partial charge in [-0.15, -0.1) is 0 Å². The molecule has 0 aromatic carbocycles. The van der Waals surface area contributed by atoms with Gasteiger partial charge < -0.3 is 5.11 Å². The van der Waals surface area contributed by atoms with Crippen LogP contribution in [0.15, 0.2) is 24.7 Å². The van der Waals surface area contributed by atoms with E-state index in [1.54, 1.807) is 0 Å². The fourth-order valence-corrected chi connectivity index (χ4v) is 3.46. The van der Waals surface area contributed by atoms with Crippen molar-refractivity contribution in [2.45, 2.75) is 38.4 Å². The lowest BCUT2D eigenvalue weighted by Gasteiger charge is -2.32. The molecule has 1 aliphatic heterocycles. The molecule has 2 aromatic heterocycles. The number of carbonyl (C=O) groups is 1. The van der Waals surface area contributed by atoms with Crippen molar-refractivity contribution >= 4 is 5.97 Å². The number of aryl methyl sites for hydroxylation is 1. The molecular formula is C18H21F3N4O2. The highest BCUT2D eigenvalue weighted by Gasteiger charge is 2.33. The van der Waals surface area contributed by atoms with Crippen LogP contribution in [0.3, 0.4) is 0 Å². The molecule has 1 saturated heterocycles. The number of carboxylic acids is 1. The van der Waals surface area contributed by atoms with Crippen LogP contribution in [-0.2, 0) is 6.42 Å². The van der Waals surface area contributed by atoms with Crippen molar-refractivity contribution in [3.05, 3.63) is 47.0 Å². The van der Waals surface area contributed by atoms with E-state index in [9.17, 15) is 23.1 Å². The molecule has 0 radical (unpaired) electrons. The first-order chi connectivity index (χ1) is 12.7. The Labute approximate surface area is 154 Å². The maximum absolute atomic E-state index is 12.5. The van der Waals surface area contributed by atoms with Crippen LogP contribution in [0.1, 0.15) is 46.1 Å². The Morgan fingerprint density at radius 1 is 1.30 bits per heavy atom. The molecule has 0 aliphatic carbocycles. The Bertz CT molecular complexity index is 811. The number of hydrogen-bond donors (Lipinski definition) is 1. The number of rotatable bonds is 5. The van der Waals surface area contributed by atoms with E-state index in [-0.39, 0.29) is 11.6 Å². The van der Waals surface area contributed by atoms with Gasteiger partial charge in [0.25, 0.3) is 0 Å². The van der Waals surface area contributed by atoms with Crippen LogP contribution in [0.5, 0.6) is 0 Å². The molecule has 0 spiro atoms. The molecule has 3 rings (SSSR count). The van der Waals surface area contributed by atoms with Gasteiger partial charge in [0.1, 0.15) is 0 Å². The summed E-state index contributed by atoms with van der Waals surface area (Å²) in [5.74, 6) is -1.01. The molecule has 1 aliphatic rings. The standard InChI is InChI=1S/C18H21F3N4O2/c1-12-14(8-13-9-22-5-2-16(13)17(26)27)10-25(23-12)15-3-6-24(7-4-15)11-18(19,20)21/h2,5,9-10,15H,3-4,6-8,11H2,1H3,(H,26,27). The van der Waals surface area contributed by atoms with Crippen LogP contribution in [-0.4, -0.2) is 56.6 Å². The van der Waals surface area contributed by atoms with Crippen LogP contribution in [0.2, 0.25) is 0 Å². The van der Waals surface area contributed by atoms with Crippen LogP contribution < -0.4 is 0 Å². The van der Waals surface area contributed by atoms with Crippen molar-refractivity contribution < 1.29 is 23.1 Å². The maximum Gasteiger partial charge on any atom is 0.401 e. The fourth-order valence-electron chi connectivity index (χ4n) is 3.46. The van der Waals surface area contributed by atoms with Gasteiger partial charge >= 0.3 is 12.1 Å². The summed E-state index contributed by atoms with van der Waals surface area (Å²) >= 11 is 0. The molecule has 0 amide bonds. The molecule has 1 N–H and O–H groups in total. The average Bonchev–Trinajstić information content (AvgIpc) is 2.95. The summed E-state index contributed by atoms with van der Waals surface area (Å²) in [6, 6.07) is 1.52. The third kappa shape index (κ3) is 4.85. The first-order valence-electron chi connectivity index (χ1n) is 8.73. The quantitative estimate of drug-likeness (QED) is 0.861. The summed E-state index contributed by atoms with van der Waals surface area (Å²) in [4.78, 5) is 16.8. The van der Waals surface area contributed by atoms with Gasteiger partial charge in [-0.25, -0.2) is 4.79 Å². The minimum Gasteiger partial charge on any atom is -0.478 e. The summed E-state index contributed by atoms with van der Waals surface area (Å²) in [7, 11) is 0. The van der Waals surface area contributed by atoms with Gasteiger partial charge in [0, 0.05) is 38.1 Å². The van der Waals surface area contributed by atoms with Crippen LogP contribution >= 0.6 is 0 Å².